The molecule has 2 nitrogen and oxygen atoms in total. The summed E-state index contributed by atoms with van der Waals surface area (Å²) in [6.07, 6.45) is 6.38. The number of benzene rings is 1. The molecule has 3 rings (SSSR count). The van der Waals surface area contributed by atoms with Crippen molar-refractivity contribution in [3.8, 4) is 0 Å². The summed E-state index contributed by atoms with van der Waals surface area (Å²) in [6, 6.07) is 15.6. The SMILES string of the molecule is Cc1c([S+](C)C)c2ccccn2c1C(=O)c1ccccc1.F[B-](F)(F)F. The molecule has 0 fully saturated rings. The molecule has 2 aromatic heterocycles. The monoisotopic (exact) mass is 383 g/mol. The summed E-state index contributed by atoms with van der Waals surface area (Å²) in [5, 5.41) is 0. The molecule has 0 aliphatic heterocycles. The van der Waals surface area contributed by atoms with Crippen molar-refractivity contribution in [1.29, 1.82) is 0 Å². The quantitative estimate of drug-likeness (QED) is 0.270. The van der Waals surface area contributed by atoms with Crippen LogP contribution in [0.25, 0.3) is 5.52 Å². The highest BCUT2D eigenvalue weighted by Crippen LogP contribution is 2.29. The van der Waals surface area contributed by atoms with Crippen molar-refractivity contribution < 1.29 is 22.1 Å². The van der Waals surface area contributed by atoms with Gasteiger partial charge in [-0.15, -0.1) is 0 Å². The molecule has 0 amide bonds. The van der Waals surface area contributed by atoms with Crippen molar-refractivity contribution in [2.24, 2.45) is 0 Å². The molecule has 0 atom stereocenters. The molecule has 3 aromatic rings. The molecule has 0 saturated heterocycles. The van der Waals surface area contributed by atoms with Crippen LogP contribution in [0.15, 0.2) is 59.6 Å². The molecular weight excluding hydrogens is 365 g/mol. The maximum Gasteiger partial charge on any atom is 0.673 e. The molecule has 26 heavy (non-hydrogen) atoms. The van der Waals surface area contributed by atoms with Crippen LogP contribution in [0.5, 0.6) is 0 Å². The van der Waals surface area contributed by atoms with Gasteiger partial charge in [-0.25, -0.2) is 0 Å². The maximum absolute atomic E-state index is 12.9. The Morgan fingerprint density at radius 1 is 0.962 bits per heavy atom. The van der Waals surface area contributed by atoms with Crippen molar-refractivity contribution in [3.05, 3.63) is 71.5 Å². The first-order chi connectivity index (χ1) is 12.1. The highest BCUT2D eigenvalue weighted by molar-refractivity contribution is 7.95. The van der Waals surface area contributed by atoms with Crippen LogP contribution in [0.2, 0.25) is 0 Å². The number of hydrogen-bond acceptors (Lipinski definition) is 1. The molecular formula is C18H18BF4NOS. The van der Waals surface area contributed by atoms with E-state index in [2.05, 4.69) is 25.5 Å². The van der Waals surface area contributed by atoms with E-state index in [0.29, 0.717) is 0 Å². The summed E-state index contributed by atoms with van der Waals surface area (Å²) in [6.45, 7) is 2.06. The highest BCUT2D eigenvalue weighted by Gasteiger charge is 2.27. The summed E-state index contributed by atoms with van der Waals surface area (Å²) < 4.78 is 41.0. The third-order valence-corrected chi connectivity index (χ3v) is 5.02. The lowest BCUT2D eigenvalue weighted by atomic mass is 10.1. The second-order valence-electron chi connectivity index (χ2n) is 5.77. The Kier molecular flexibility index (Phi) is 6.18. The van der Waals surface area contributed by atoms with Crippen LogP contribution in [0.1, 0.15) is 21.6 Å². The summed E-state index contributed by atoms with van der Waals surface area (Å²) in [5.74, 6) is 0.0889. The Labute approximate surface area is 152 Å². The molecule has 2 heterocycles. The molecule has 0 radical (unpaired) electrons. The van der Waals surface area contributed by atoms with Crippen LogP contribution >= 0.6 is 0 Å². The minimum atomic E-state index is -6.00. The Morgan fingerprint density at radius 2 is 1.50 bits per heavy atom. The van der Waals surface area contributed by atoms with Crippen LogP contribution in [-0.2, 0) is 10.9 Å². The van der Waals surface area contributed by atoms with E-state index in [1.54, 1.807) is 0 Å². The molecule has 0 N–H and O–H groups in total. The molecule has 0 spiro atoms. The lowest BCUT2D eigenvalue weighted by molar-refractivity contribution is 0.103. The lowest BCUT2D eigenvalue weighted by Gasteiger charge is -2.03. The summed E-state index contributed by atoms with van der Waals surface area (Å²) in [5.41, 5.74) is 3.77. The molecule has 0 bridgehead atoms. The zero-order valence-corrected chi connectivity index (χ0v) is 15.4. The third kappa shape index (κ3) is 4.69. The third-order valence-electron chi connectivity index (χ3n) is 3.69. The molecule has 0 aliphatic carbocycles. The van der Waals surface area contributed by atoms with Crippen molar-refractivity contribution in [3.63, 3.8) is 0 Å². The van der Waals surface area contributed by atoms with Crippen molar-refractivity contribution in [2.75, 3.05) is 12.5 Å². The van der Waals surface area contributed by atoms with Crippen molar-refractivity contribution in [1.82, 2.24) is 4.40 Å². The number of rotatable bonds is 3. The Morgan fingerprint density at radius 3 is 2.04 bits per heavy atom. The van der Waals surface area contributed by atoms with Gasteiger partial charge in [-0.1, -0.05) is 36.4 Å². The van der Waals surface area contributed by atoms with Gasteiger partial charge in [-0.05, 0) is 19.1 Å². The topological polar surface area (TPSA) is 21.5 Å². The van der Waals surface area contributed by atoms with Gasteiger partial charge in [0, 0.05) is 28.2 Å². The second-order valence-corrected chi connectivity index (χ2v) is 7.81. The maximum atomic E-state index is 12.9. The Hall–Kier alpha value is -2.22. The van der Waals surface area contributed by atoms with Gasteiger partial charge in [0.1, 0.15) is 23.7 Å². The van der Waals surface area contributed by atoms with E-state index >= 15 is 0 Å². The van der Waals surface area contributed by atoms with Crippen LogP contribution in [0, 0.1) is 6.92 Å². The van der Waals surface area contributed by atoms with E-state index < -0.39 is 7.25 Å². The van der Waals surface area contributed by atoms with Gasteiger partial charge in [0.05, 0.1) is 0 Å². The fraction of sp³-hybridized carbons (Fsp3) is 0.167. The van der Waals surface area contributed by atoms with Crippen LogP contribution in [0.4, 0.5) is 17.3 Å². The molecule has 0 aliphatic rings. The van der Waals surface area contributed by atoms with Crippen LogP contribution in [0.3, 0.4) is 0 Å². The number of carbonyl (C=O) groups excluding carboxylic acids is 1. The van der Waals surface area contributed by atoms with Crippen molar-refractivity contribution in [2.45, 2.75) is 11.8 Å². The van der Waals surface area contributed by atoms with E-state index in [9.17, 15) is 22.1 Å². The fourth-order valence-corrected chi connectivity index (χ4v) is 4.12. The minimum absolute atomic E-state index is 0.0889. The summed E-state index contributed by atoms with van der Waals surface area (Å²) in [7, 11) is -5.89. The van der Waals surface area contributed by atoms with Gasteiger partial charge < -0.3 is 21.7 Å². The molecule has 138 valence electrons. The highest BCUT2D eigenvalue weighted by atomic mass is 32.2. The lowest BCUT2D eigenvalue weighted by Crippen LogP contribution is -2.06. The number of aromatic nitrogens is 1. The standard InChI is InChI=1S/C18H18NOS.BF4/c1-13-16(17(20)14-9-5-4-6-10-14)19-12-8-7-11-15(19)18(13)21(2)3;2-1(3,4)5/h4-12H,1-3H3;/q+1;-1. The predicted molar refractivity (Wildman–Crippen MR) is 99.7 cm³/mol. The number of carbonyl (C=O) groups is 1. The molecule has 1 aromatic carbocycles. The summed E-state index contributed by atoms with van der Waals surface area (Å²) >= 11 is 0. The average Bonchev–Trinajstić information content (AvgIpc) is 2.85. The smallest absolute Gasteiger partial charge is 0.418 e. The second kappa shape index (κ2) is 7.99. The van der Waals surface area contributed by atoms with Gasteiger partial charge in [0.2, 0.25) is 5.78 Å². The zero-order valence-electron chi connectivity index (χ0n) is 14.5. The number of hydrogen-bond donors (Lipinski definition) is 0. The van der Waals surface area contributed by atoms with E-state index in [1.807, 2.05) is 53.1 Å². The number of ketones is 1. The van der Waals surface area contributed by atoms with E-state index in [0.717, 1.165) is 22.3 Å². The number of pyridine rings is 1. The largest absolute Gasteiger partial charge is 0.673 e. The molecule has 8 heteroatoms. The summed E-state index contributed by atoms with van der Waals surface area (Å²) in [4.78, 5) is 14.2. The first kappa shape index (κ1) is 20.1. The molecule has 0 unspecified atom stereocenters. The van der Waals surface area contributed by atoms with Crippen LogP contribution < -0.4 is 0 Å². The van der Waals surface area contributed by atoms with Gasteiger partial charge in [-0.2, -0.15) is 0 Å². The Bertz CT molecular complexity index is 901. The fourth-order valence-electron chi connectivity index (χ4n) is 2.82. The molecule has 0 saturated carbocycles. The van der Waals surface area contributed by atoms with Gasteiger partial charge in [-0.3, -0.25) is 4.79 Å². The first-order valence-corrected chi connectivity index (χ1v) is 9.79. The first-order valence-electron chi connectivity index (χ1n) is 7.75. The van der Waals surface area contributed by atoms with Gasteiger partial charge in [0.25, 0.3) is 0 Å². The van der Waals surface area contributed by atoms with Crippen LogP contribution in [-0.4, -0.2) is 29.9 Å². The minimum Gasteiger partial charge on any atom is -0.418 e. The zero-order chi connectivity index (χ0) is 19.5. The van der Waals surface area contributed by atoms with Crippen molar-refractivity contribution >= 4 is 29.4 Å². The van der Waals surface area contributed by atoms with E-state index in [4.69, 9.17) is 0 Å². The normalized spacial score (nSPS) is 11.4. The number of halogens is 4. The average molecular weight is 383 g/mol. The number of fused-ring (bicyclic) bond motifs is 1. The predicted octanol–water partition coefficient (Wildman–Crippen LogP) is 5.02. The Balaban J connectivity index is 0.000000431. The van der Waals surface area contributed by atoms with E-state index in [1.165, 1.54) is 4.90 Å². The van der Waals surface area contributed by atoms with E-state index in [-0.39, 0.29) is 16.7 Å². The number of nitrogens with zero attached hydrogens (tertiary/aromatic N) is 1. The van der Waals surface area contributed by atoms with Gasteiger partial charge in [0.15, 0.2) is 4.90 Å². The van der Waals surface area contributed by atoms with Gasteiger partial charge >= 0.3 is 7.25 Å².